The highest BCUT2D eigenvalue weighted by Gasteiger charge is 2.42. The molecule has 0 unspecified atom stereocenters. The van der Waals surface area contributed by atoms with Crippen LogP contribution in [0.25, 0.3) is 0 Å². The minimum Gasteiger partial charge on any atom is -0.497 e. The van der Waals surface area contributed by atoms with E-state index >= 15 is 0 Å². The summed E-state index contributed by atoms with van der Waals surface area (Å²) in [5.74, 6) is 0.882. The van der Waals surface area contributed by atoms with Gasteiger partial charge in [-0.05, 0) is 36.6 Å². The molecule has 0 spiro atoms. The van der Waals surface area contributed by atoms with Gasteiger partial charge in [0.05, 0.1) is 7.11 Å². The zero-order chi connectivity index (χ0) is 11.1. The predicted octanol–water partition coefficient (Wildman–Crippen LogP) is 1.71. The van der Waals surface area contributed by atoms with Gasteiger partial charge in [0.15, 0.2) is 0 Å². The third-order valence-corrected chi connectivity index (χ3v) is 3.01. The summed E-state index contributed by atoms with van der Waals surface area (Å²) in [6, 6.07) is 6.11. The number of methoxy groups -OCH3 is 1. The average molecular weight is 206 g/mol. The second-order valence-electron chi connectivity index (χ2n) is 4.43. The van der Waals surface area contributed by atoms with Crippen LogP contribution in [0, 0.1) is 0 Å². The molecule has 15 heavy (non-hydrogen) atoms. The summed E-state index contributed by atoms with van der Waals surface area (Å²) in [5.41, 5.74) is 8.52. The van der Waals surface area contributed by atoms with Gasteiger partial charge >= 0.3 is 0 Å². The Morgan fingerprint density at radius 1 is 1.33 bits per heavy atom. The van der Waals surface area contributed by atoms with Crippen molar-refractivity contribution in [2.24, 2.45) is 5.73 Å². The molecule has 0 aromatic heterocycles. The first kappa shape index (κ1) is 10.3. The van der Waals surface area contributed by atoms with Crippen molar-refractivity contribution in [3.63, 3.8) is 0 Å². The number of ether oxygens (including phenoxy) is 1. The Bertz CT molecular complexity index is 370. The van der Waals surface area contributed by atoms with Crippen molar-refractivity contribution in [2.75, 3.05) is 26.1 Å². The van der Waals surface area contributed by atoms with E-state index in [-0.39, 0.29) is 5.54 Å². The van der Waals surface area contributed by atoms with Crippen LogP contribution in [0.1, 0.15) is 18.4 Å². The van der Waals surface area contributed by atoms with E-state index in [0.717, 1.165) is 18.6 Å². The zero-order valence-electron chi connectivity index (χ0n) is 9.58. The van der Waals surface area contributed by atoms with Crippen molar-refractivity contribution in [3.8, 4) is 5.75 Å². The average Bonchev–Trinajstić information content (AvgIpc) is 2.97. The summed E-state index contributed by atoms with van der Waals surface area (Å²) < 4.78 is 5.24. The number of anilines is 1. The lowest BCUT2D eigenvalue weighted by Gasteiger charge is -2.21. The molecule has 0 atom stereocenters. The predicted molar refractivity (Wildman–Crippen MR) is 62.4 cm³/mol. The van der Waals surface area contributed by atoms with Crippen LogP contribution in [0.4, 0.5) is 5.69 Å². The molecule has 1 fully saturated rings. The summed E-state index contributed by atoms with van der Waals surface area (Å²) in [5, 5.41) is 0. The third-order valence-electron chi connectivity index (χ3n) is 3.01. The topological polar surface area (TPSA) is 38.5 Å². The standard InChI is InChI=1S/C12H18N2O/c1-14(2)11-5-4-9(15-3)8-10(11)12(13)6-7-12/h4-5,8H,6-7,13H2,1-3H3. The van der Waals surface area contributed by atoms with E-state index in [1.807, 2.05) is 20.2 Å². The van der Waals surface area contributed by atoms with E-state index in [4.69, 9.17) is 10.5 Å². The summed E-state index contributed by atoms with van der Waals surface area (Å²) in [7, 11) is 5.76. The molecule has 1 aliphatic rings. The second-order valence-corrected chi connectivity index (χ2v) is 4.43. The first-order valence-electron chi connectivity index (χ1n) is 5.21. The molecule has 0 heterocycles. The lowest BCUT2D eigenvalue weighted by atomic mass is 10.0. The van der Waals surface area contributed by atoms with Crippen molar-refractivity contribution >= 4 is 5.69 Å². The molecule has 3 nitrogen and oxygen atoms in total. The minimum absolute atomic E-state index is 0.117. The van der Waals surface area contributed by atoms with Gasteiger partial charge in [0, 0.05) is 25.3 Å². The van der Waals surface area contributed by atoms with E-state index in [1.165, 1.54) is 11.3 Å². The Balaban J connectivity index is 2.46. The first-order valence-corrected chi connectivity index (χ1v) is 5.21. The van der Waals surface area contributed by atoms with Crippen LogP contribution in [0.15, 0.2) is 18.2 Å². The molecule has 2 N–H and O–H groups in total. The number of benzene rings is 1. The normalized spacial score (nSPS) is 17.3. The maximum Gasteiger partial charge on any atom is 0.119 e. The largest absolute Gasteiger partial charge is 0.497 e. The zero-order valence-corrected chi connectivity index (χ0v) is 9.58. The minimum atomic E-state index is -0.117. The van der Waals surface area contributed by atoms with Crippen LogP contribution in [-0.4, -0.2) is 21.2 Å². The van der Waals surface area contributed by atoms with E-state index in [2.05, 4.69) is 17.0 Å². The fraction of sp³-hybridized carbons (Fsp3) is 0.500. The molecule has 0 saturated heterocycles. The molecule has 1 aromatic carbocycles. The van der Waals surface area contributed by atoms with Crippen LogP contribution < -0.4 is 15.4 Å². The maximum atomic E-state index is 6.25. The van der Waals surface area contributed by atoms with Gasteiger partial charge in [0.25, 0.3) is 0 Å². The SMILES string of the molecule is COc1ccc(N(C)C)c(C2(N)CC2)c1. The van der Waals surface area contributed by atoms with Gasteiger partial charge in [0.1, 0.15) is 5.75 Å². The molecule has 0 aliphatic heterocycles. The lowest BCUT2D eigenvalue weighted by molar-refractivity contribution is 0.413. The summed E-state index contributed by atoms with van der Waals surface area (Å²) >= 11 is 0. The molecule has 2 rings (SSSR count). The molecule has 1 aliphatic carbocycles. The fourth-order valence-electron chi connectivity index (χ4n) is 1.83. The number of rotatable bonds is 3. The Labute approximate surface area is 90.8 Å². The number of nitrogens with two attached hydrogens (primary N) is 1. The number of hydrogen-bond donors (Lipinski definition) is 1. The van der Waals surface area contributed by atoms with Gasteiger partial charge in [-0.2, -0.15) is 0 Å². The molecule has 0 radical (unpaired) electrons. The van der Waals surface area contributed by atoms with Gasteiger partial charge in [0.2, 0.25) is 0 Å². The van der Waals surface area contributed by atoms with Gasteiger partial charge in [-0.3, -0.25) is 0 Å². The smallest absolute Gasteiger partial charge is 0.119 e. The van der Waals surface area contributed by atoms with Crippen molar-refractivity contribution in [2.45, 2.75) is 18.4 Å². The van der Waals surface area contributed by atoms with E-state index < -0.39 is 0 Å². The molecule has 0 bridgehead atoms. The van der Waals surface area contributed by atoms with Crippen molar-refractivity contribution in [1.82, 2.24) is 0 Å². The van der Waals surface area contributed by atoms with Gasteiger partial charge < -0.3 is 15.4 Å². The van der Waals surface area contributed by atoms with E-state index in [0.29, 0.717) is 0 Å². The van der Waals surface area contributed by atoms with Crippen molar-refractivity contribution in [3.05, 3.63) is 23.8 Å². The highest BCUT2D eigenvalue weighted by molar-refractivity contribution is 5.59. The monoisotopic (exact) mass is 206 g/mol. The van der Waals surface area contributed by atoms with Gasteiger partial charge in [-0.1, -0.05) is 0 Å². The Morgan fingerprint density at radius 2 is 2.00 bits per heavy atom. The van der Waals surface area contributed by atoms with Gasteiger partial charge in [-0.15, -0.1) is 0 Å². The van der Waals surface area contributed by atoms with Crippen molar-refractivity contribution in [1.29, 1.82) is 0 Å². The molecular formula is C12H18N2O. The molecule has 82 valence electrons. The Hall–Kier alpha value is -1.22. The molecule has 1 aromatic rings. The molecule has 0 amide bonds. The molecule has 3 heteroatoms. The van der Waals surface area contributed by atoms with Crippen LogP contribution >= 0.6 is 0 Å². The Kier molecular flexibility index (Phi) is 2.35. The summed E-state index contributed by atoms with van der Waals surface area (Å²) in [6.45, 7) is 0. The van der Waals surface area contributed by atoms with Crippen LogP contribution in [-0.2, 0) is 5.54 Å². The number of hydrogen-bond acceptors (Lipinski definition) is 3. The third kappa shape index (κ3) is 1.79. The van der Waals surface area contributed by atoms with Crippen LogP contribution in [0.3, 0.4) is 0 Å². The summed E-state index contributed by atoms with van der Waals surface area (Å²) in [4.78, 5) is 2.10. The lowest BCUT2D eigenvalue weighted by Crippen LogP contribution is -2.23. The second kappa shape index (κ2) is 3.42. The highest BCUT2D eigenvalue weighted by Crippen LogP contribution is 2.47. The van der Waals surface area contributed by atoms with E-state index in [1.54, 1.807) is 7.11 Å². The highest BCUT2D eigenvalue weighted by atomic mass is 16.5. The van der Waals surface area contributed by atoms with Crippen LogP contribution in [0.2, 0.25) is 0 Å². The van der Waals surface area contributed by atoms with Gasteiger partial charge in [-0.25, -0.2) is 0 Å². The first-order chi connectivity index (χ1) is 7.07. The molecule has 1 saturated carbocycles. The van der Waals surface area contributed by atoms with E-state index in [9.17, 15) is 0 Å². The quantitative estimate of drug-likeness (QED) is 0.818. The fourth-order valence-corrected chi connectivity index (χ4v) is 1.83. The number of nitrogens with zero attached hydrogens (tertiary/aromatic N) is 1. The van der Waals surface area contributed by atoms with Crippen molar-refractivity contribution < 1.29 is 4.74 Å². The maximum absolute atomic E-state index is 6.25. The summed E-state index contributed by atoms with van der Waals surface area (Å²) in [6.07, 6.45) is 2.14. The molecular weight excluding hydrogens is 188 g/mol. The Morgan fingerprint density at radius 3 is 2.47 bits per heavy atom. The van der Waals surface area contributed by atoms with Crippen LogP contribution in [0.5, 0.6) is 5.75 Å².